The van der Waals surface area contributed by atoms with Crippen LogP contribution in [0.3, 0.4) is 0 Å². The summed E-state index contributed by atoms with van der Waals surface area (Å²) in [5.74, 6) is 3.29. The molecule has 0 aliphatic carbocycles. The van der Waals surface area contributed by atoms with Crippen LogP contribution in [-0.2, 0) is 0 Å². The molecule has 0 saturated heterocycles. The third-order valence-electron chi connectivity index (χ3n) is 4.84. The summed E-state index contributed by atoms with van der Waals surface area (Å²) in [6.45, 7) is 16.4. The first-order valence-electron chi connectivity index (χ1n) is 12.4. The van der Waals surface area contributed by atoms with Gasteiger partial charge < -0.3 is 18.9 Å². The zero-order valence-electron chi connectivity index (χ0n) is 22.2. The van der Waals surface area contributed by atoms with Crippen LogP contribution in [0.5, 0.6) is 23.0 Å². The summed E-state index contributed by atoms with van der Waals surface area (Å²) in [6, 6.07) is 22.7. The van der Waals surface area contributed by atoms with Gasteiger partial charge in [-0.2, -0.15) is 0 Å². The van der Waals surface area contributed by atoms with Crippen molar-refractivity contribution in [3.05, 3.63) is 66.7 Å². The highest BCUT2D eigenvalue weighted by Crippen LogP contribution is 2.46. The van der Waals surface area contributed by atoms with E-state index >= 15 is 0 Å². The lowest BCUT2D eigenvalue weighted by molar-refractivity contribution is 0.233. The van der Waals surface area contributed by atoms with Gasteiger partial charge >= 0.3 is 0 Å². The van der Waals surface area contributed by atoms with E-state index in [0.717, 1.165) is 33.6 Å². The Morgan fingerprint density at radius 2 is 0.743 bits per heavy atom. The molecule has 0 unspecified atom stereocenters. The largest absolute Gasteiger partial charge is 0.490 e. The van der Waals surface area contributed by atoms with E-state index in [2.05, 4.69) is 24.3 Å². The predicted molar refractivity (Wildman–Crippen MR) is 148 cm³/mol. The lowest BCUT2D eigenvalue weighted by Crippen LogP contribution is -2.29. The van der Waals surface area contributed by atoms with Gasteiger partial charge in [0.1, 0.15) is 23.0 Å². The molecule has 0 aliphatic heterocycles. The summed E-state index contributed by atoms with van der Waals surface area (Å²) in [4.78, 5) is 0. The molecule has 0 heterocycles. The first-order valence-corrected chi connectivity index (χ1v) is 13.8. The Morgan fingerprint density at radius 3 is 1.03 bits per heavy atom. The first kappa shape index (κ1) is 26.9. The van der Waals surface area contributed by atoms with Crippen LogP contribution >= 0.6 is 7.92 Å². The van der Waals surface area contributed by atoms with Crippen molar-refractivity contribution in [2.45, 2.75) is 79.8 Å². The van der Waals surface area contributed by atoms with E-state index in [1.54, 1.807) is 0 Å². The van der Waals surface area contributed by atoms with Gasteiger partial charge in [0.25, 0.3) is 0 Å². The maximum Gasteiger partial charge on any atom is 0.131 e. The van der Waals surface area contributed by atoms with Gasteiger partial charge in [-0.3, -0.25) is 0 Å². The minimum Gasteiger partial charge on any atom is -0.490 e. The van der Waals surface area contributed by atoms with Crippen molar-refractivity contribution in [1.82, 2.24) is 0 Å². The van der Waals surface area contributed by atoms with Gasteiger partial charge in [0.2, 0.25) is 0 Å². The van der Waals surface area contributed by atoms with Crippen molar-refractivity contribution in [2.24, 2.45) is 0 Å². The third-order valence-corrected chi connectivity index (χ3v) is 7.43. The molecule has 3 aromatic carbocycles. The highest BCUT2D eigenvalue weighted by molar-refractivity contribution is 7.80. The monoisotopic (exact) mass is 494 g/mol. The van der Waals surface area contributed by atoms with E-state index in [0.29, 0.717) is 0 Å². The molecule has 0 bridgehead atoms. The van der Waals surface area contributed by atoms with E-state index in [-0.39, 0.29) is 24.4 Å². The maximum absolute atomic E-state index is 6.39. The van der Waals surface area contributed by atoms with E-state index in [1.807, 2.05) is 97.9 Å². The zero-order valence-corrected chi connectivity index (χ0v) is 23.1. The Labute approximate surface area is 212 Å². The Bertz CT molecular complexity index is 953. The fourth-order valence-corrected chi connectivity index (χ4v) is 6.39. The van der Waals surface area contributed by atoms with Crippen LogP contribution in [0.1, 0.15) is 55.4 Å². The molecular weight excluding hydrogens is 455 g/mol. The van der Waals surface area contributed by atoms with E-state index in [4.69, 9.17) is 18.9 Å². The first-order chi connectivity index (χ1) is 16.7. The van der Waals surface area contributed by atoms with Crippen molar-refractivity contribution in [2.75, 3.05) is 0 Å². The molecule has 188 valence electrons. The van der Waals surface area contributed by atoms with Gasteiger partial charge in [-0.1, -0.05) is 42.5 Å². The second-order valence-electron chi connectivity index (χ2n) is 9.54. The standard InChI is InChI=1S/C30H39O4P/c1-20(2)31-25-16-12-17-26(32-21(3)4)29(25)35(24-14-10-9-11-15-24)30-27(33-22(5)6)18-13-19-28(30)34-23(7)8/h9-23H,1-8H3. The summed E-state index contributed by atoms with van der Waals surface area (Å²) in [7, 11) is -1.15. The van der Waals surface area contributed by atoms with Crippen molar-refractivity contribution in [3.8, 4) is 23.0 Å². The predicted octanol–water partition coefficient (Wildman–Crippen LogP) is 6.59. The Hall–Kier alpha value is -2.71. The van der Waals surface area contributed by atoms with Gasteiger partial charge in [-0.25, -0.2) is 0 Å². The van der Waals surface area contributed by atoms with Gasteiger partial charge in [0.05, 0.1) is 35.0 Å². The molecule has 0 N–H and O–H groups in total. The van der Waals surface area contributed by atoms with Crippen molar-refractivity contribution in [3.63, 3.8) is 0 Å². The molecule has 3 rings (SSSR count). The van der Waals surface area contributed by atoms with Crippen molar-refractivity contribution < 1.29 is 18.9 Å². The minimum absolute atomic E-state index is 0.0178. The van der Waals surface area contributed by atoms with Crippen molar-refractivity contribution in [1.29, 1.82) is 0 Å². The highest BCUT2D eigenvalue weighted by atomic mass is 31.1. The van der Waals surface area contributed by atoms with Crippen LogP contribution in [0.4, 0.5) is 0 Å². The van der Waals surface area contributed by atoms with Gasteiger partial charge in [0, 0.05) is 7.92 Å². The maximum atomic E-state index is 6.39. The van der Waals surface area contributed by atoms with E-state index in [1.165, 1.54) is 5.30 Å². The SMILES string of the molecule is CC(C)Oc1cccc(OC(C)C)c1P(c1ccccc1)c1c(OC(C)C)cccc1OC(C)C. The summed E-state index contributed by atoms with van der Waals surface area (Å²) in [5, 5.41) is 3.23. The summed E-state index contributed by atoms with van der Waals surface area (Å²) < 4.78 is 25.6. The normalized spacial score (nSPS) is 11.6. The Balaban J connectivity index is 2.40. The Kier molecular flexibility index (Phi) is 9.46. The average Bonchev–Trinajstić information content (AvgIpc) is 2.76. The summed E-state index contributed by atoms with van der Waals surface area (Å²) in [6.07, 6.45) is 0.0712. The Morgan fingerprint density at radius 1 is 0.429 bits per heavy atom. The number of hydrogen-bond donors (Lipinski definition) is 0. The topological polar surface area (TPSA) is 36.9 Å². The molecule has 0 spiro atoms. The quantitative estimate of drug-likeness (QED) is 0.282. The molecule has 0 saturated carbocycles. The fraction of sp³-hybridized carbons (Fsp3) is 0.400. The van der Waals surface area contributed by atoms with Gasteiger partial charge in [-0.15, -0.1) is 0 Å². The lowest BCUT2D eigenvalue weighted by Gasteiger charge is -2.29. The van der Waals surface area contributed by atoms with Crippen LogP contribution in [0.25, 0.3) is 0 Å². The van der Waals surface area contributed by atoms with Crippen LogP contribution in [0.15, 0.2) is 66.7 Å². The molecule has 3 aromatic rings. The van der Waals surface area contributed by atoms with Crippen LogP contribution in [0, 0.1) is 0 Å². The van der Waals surface area contributed by atoms with Crippen molar-refractivity contribution >= 4 is 23.8 Å². The smallest absolute Gasteiger partial charge is 0.131 e. The van der Waals surface area contributed by atoms with Crippen LogP contribution in [0.2, 0.25) is 0 Å². The van der Waals surface area contributed by atoms with E-state index < -0.39 is 7.92 Å². The molecule has 0 radical (unpaired) electrons. The summed E-state index contributed by atoms with van der Waals surface area (Å²) >= 11 is 0. The second-order valence-corrected chi connectivity index (χ2v) is 11.6. The molecular formula is C30H39O4P. The van der Waals surface area contributed by atoms with Crippen LogP contribution < -0.4 is 34.9 Å². The molecule has 0 aliphatic rings. The minimum atomic E-state index is -1.15. The van der Waals surface area contributed by atoms with Gasteiger partial charge in [-0.05, 0) is 85.0 Å². The van der Waals surface area contributed by atoms with Crippen LogP contribution in [-0.4, -0.2) is 24.4 Å². The number of ether oxygens (including phenoxy) is 4. The van der Waals surface area contributed by atoms with Gasteiger partial charge in [0.15, 0.2) is 0 Å². The molecule has 0 fully saturated rings. The third kappa shape index (κ3) is 7.15. The molecule has 4 nitrogen and oxygen atoms in total. The average molecular weight is 495 g/mol. The second kappa shape index (κ2) is 12.3. The molecule has 0 atom stereocenters. The molecule has 0 aromatic heterocycles. The molecule has 0 amide bonds. The summed E-state index contributed by atoms with van der Waals surface area (Å²) in [5.41, 5.74) is 0. The number of hydrogen-bond acceptors (Lipinski definition) is 4. The number of rotatable bonds is 11. The fourth-order valence-electron chi connectivity index (χ4n) is 3.79. The van der Waals surface area contributed by atoms with E-state index in [9.17, 15) is 0 Å². The highest BCUT2D eigenvalue weighted by Gasteiger charge is 2.31. The number of benzene rings is 3. The lowest BCUT2D eigenvalue weighted by atomic mass is 10.3. The molecule has 5 heteroatoms. The zero-order chi connectivity index (χ0) is 25.5. The molecule has 35 heavy (non-hydrogen) atoms.